The fraction of sp³-hybridized carbons (Fsp3) is 0.364. The van der Waals surface area contributed by atoms with Crippen LogP contribution in [0.25, 0.3) is 0 Å². The number of hydrogen-bond acceptors (Lipinski definition) is 5. The second-order valence-corrected chi connectivity index (χ2v) is 9.04. The SMILES string of the molecule is Cc1ccc(S(N)(=O)=O)cc1C(=O)OCC(=O)c1ccc(C2CCCCC2)cc1. The summed E-state index contributed by atoms with van der Waals surface area (Å²) in [5, 5.41) is 5.11. The monoisotopic (exact) mass is 415 g/mol. The third-order valence-electron chi connectivity index (χ3n) is 5.40. The van der Waals surface area contributed by atoms with Gasteiger partial charge in [-0.3, -0.25) is 4.79 Å². The van der Waals surface area contributed by atoms with E-state index in [4.69, 9.17) is 9.88 Å². The minimum atomic E-state index is -3.94. The summed E-state index contributed by atoms with van der Waals surface area (Å²) in [7, 11) is -3.94. The van der Waals surface area contributed by atoms with Crippen LogP contribution in [0.4, 0.5) is 0 Å². The molecule has 3 rings (SSSR count). The molecule has 0 radical (unpaired) electrons. The van der Waals surface area contributed by atoms with E-state index in [1.165, 1.54) is 49.8 Å². The van der Waals surface area contributed by atoms with E-state index in [-0.39, 0.29) is 16.2 Å². The molecule has 2 aromatic rings. The van der Waals surface area contributed by atoms with E-state index in [1.807, 2.05) is 12.1 Å². The zero-order valence-electron chi connectivity index (χ0n) is 16.4. The molecule has 2 N–H and O–H groups in total. The first-order valence-corrected chi connectivity index (χ1v) is 11.2. The quantitative estimate of drug-likeness (QED) is 0.572. The van der Waals surface area contributed by atoms with Crippen molar-refractivity contribution >= 4 is 21.8 Å². The van der Waals surface area contributed by atoms with Gasteiger partial charge in [-0.15, -0.1) is 0 Å². The first-order chi connectivity index (χ1) is 13.8. The molecule has 29 heavy (non-hydrogen) atoms. The number of nitrogens with two attached hydrogens (primary N) is 1. The zero-order valence-corrected chi connectivity index (χ0v) is 17.2. The normalized spacial score (nSPS) is 15.1. The summed E-state index contributed by atoms with van der Waals surface area (Å²) in [6.07, 6.45) is 6.14. The van der Waals surface area contributed by atoms with Crippen molar-refractivity contribution in [3.8, 4) is 0 Å². The highest BCUT2D eigenvalue weighted by Crippen LogP contribution is 2.32. The van der Waals surface area contributed by atoms with E-state index in [0.29, 0.717) is 17.0 Å². The minimum Gasteiger partial charge on any atom is -0.454 e. The van der Waals surface area contributed by atoms with E-state index >= 15 is 0 Å². The first-order valence-electron chi connectivity index (χ1n) is 9.69. The van der Waals surface area contributed by atoms with Crippen molar-refractivity contribution in [2.24, 2.45) is 5.14 Å². The van der Waals surface area contributed by atoms with Gasteiger partial charge in [0.2, 0.25) is 10.0 Å². The number of esters is 1. The molecule has 1 aliphatic carbocycles. The molecular weight excluding hydrogens is 390 g/mol. The largest absolute Gasteiger partial charge is 0.454 e. The Bertz CT molecular complexity index is 1010. The van der Waals surface area contributed by atoms with Gasteiger partial charge in [-0.25, -0.2) is 18.4 Å². The highest BCUT2D eigenvalue weighted by Gasteiger charge is 2.19. The summed E-state index contributed by atoms with van der Waals surface area (Å²) in [4.78, 5) is 24.5. The summed E-state index contributed by atoms with van der Waals surface area (Å²) in [5.74, 6) is -0.520. The van der Waals surface area contributed by atoms with Gasteiger partial charge in [0.25, 0.3) is 0 Å². The molecule has 0 aromatic heterocycles. The lowest BCUT2D eigenvalue weighted by atomic mass is 9.84. The van der Waals surface area contributed by atoms with Crippen molar-refractivity contribution in [2.45, 2.75) is 49.8 Å². The van der Waals surface area contributed by atoms with Crippen molar-refractivity contribution in [1.29, 1.82) is 0 Å². The van der Waals surface area contributed by atoms with E-state index in [2.05, 4.69) is 0 Å². The van der Waals surface area contributed by atoms with Crippen LogP contribution in [0.5, 0.6) is 0 Å². The van der Waals surface area contributed by atoms with E-state index in [1.54, 1.807) is 19.1 Å². The van der Waals surface area contributed by atoms with Crippen LogP contribution in [0.1, 0.15) is 69.9 Å². The number of Topliss-reactive ketones (excluding diaryl/α,β-unsaturated/α-hetero) is 1. The molecule has 0 amide bonds. The summed E-state index contributed by atoms with van der Waals surface area (Å²) in [5.41, 5.74) is 2.32. The number of rotatable bonds is 6. The molecule has 1 aliphatic rings. The number of primary sulfonamides is 1. The molecule has 0 heterocycles. The van der Waals surface area contributed by atoms with Gasteiger partial charge in [0, 0.05) is 5.56 Å². The predicted octanol–water partition coefficient (Wildman–Crippen LogP) is 3.73. The Balaban J connectivity index is 1.64. The fourth-order valence-electron chi connectivity index (χ4n) is 3.67. The Kier molecular flexibility index (Phi) is 6.49. The van der Waals surface area contributed by atoms with Crippen LogP contribution in [0.2, 0.25) is 0 Å². The Hall–Kier alpha value is -2.51. The van der Waals surface area contributed by atoms with Gasteiger partial charge in [0.1, 0.15) is 0 Å². The van der Waals surface area contributed by atoms with Crippen LogP contribution >= 0.6 is 0 Å². The topological polar surface area (TPSA) is 104 Å². The molecule has 1 fully saturated rings. The lowest BCUT2D eigenvalue weighted by molar-refractivity contribution is 0.0473. The molecule has 0 aliphatic heterocycles. The molecule has 2 aromatic carbocycles. The van der Waals surface area contributed by atoms with Gasteiger partial charge in [0.05, 0.1) is 10.5 Å². The van der Waals surface area contributed by atoms with E-state index in [9.17, 15) is 18.0 Å². The maximum absolute atomic E-state index is 12.4. The fourth-order valence-corrected chi connectivity index (χ4v) is 4.21. The van der Waals surface area contributed by atoms with Gasteiger partial charge in [-0.05, 0) is 48.9 Å². The van der Waals surface area contributed by atoms with Gasteiger partial charge >= 0.3 is 5.97 Å². The summed E-state index contributed by atoms with van der Waals surface area (Å²) < 4.78 is 28.1. The van der Waals surface area contributed by atoms with Gasteiger partial charge in [0.15, 0.2) is 12.4 Å². The van der Waals surface area contributed by atoms with Gasteiger partial charge in [-0.1, -0.05) is 49.6 Å². The summed E-state index contributed by atoms with van der Waals surface area (Å²) in [6, 6.07) is 11.5. The maximum Gasteiger partial charge on any atom is 0.338 e. The van der Waals surface area contributed by atoms with Crippen molar-refractivity contribution in [2.75, 3.05) is 6.61 Å². The second-order valence-electron chi connectivity index (χ2n) is 7.48. The third kappa shape index (κ3) is 5.31. The average molecular weight is 416 g/mol. The number of ketones is 1. The van der Waals surface area contributed by atoms with Crippen LogP contribution < -0.4 is 5.14 Å². The molecule has 154 valence electrons. The van der Waals surface area contributed by atoms with Crippen molar-refractivity contribution in [3.63, 3.8) is 0 Å². The van der Waals surface area contributed by atoms with Crippen LogP contribution in [0.3, 0.4) is 0 Å². The number of benzene rings is 2. The molecule has 0 atom stereocenters. The van der Waals surface area contributed by atoms with Gasteiger partial charge in [-0.2, -0.15) is 0 Å². The number of ether oxygens (including phenoxy) is 1. The Morgan fingerprint density at radius 1 is 1.03 bits per heavy atom. The summed E-state index contributed by atoms with van der Waals surface area (Å²) in [6.45, 7) is 1.23. The second kappa shape index (κ2) is 8.88. The lowest BCUT2D eigenvalue weighted by Gasteiger charge is -2.22. The van der Waals surface area contributed by atoms with Crippen LogP contribution in [-0.4, -0.2) is 26.8 Å². The van der Waals surface area contributed by atoms with E-state index < -0.39 is 22.6 Å². The standard InChI is InChI=1S/C22H25NO5S/c1-15-7-12-19(29(23,26)27)13-20(15)22(25)28-14-21(24)18-10-8-17(9-11-18)16-5-3-2-4-6-16/h7-13,16H,2-6,14H2,1H3,(H2,23,26,27). The summed E-state index contributed by atoms with van der Waals surface area (Å²) >= 11 is 0. The van der Waals surface area contributed by atoms with Crippen LogP contribution in [-0.2, 0) is 14.8 Å². The van der Waals surface area contributed by atoms with Crippen molar-refractivity contribution < 1.29 is 22.7 Å². The molecule has 1 saturated carbocycles. The number of carbonyl (C=O) groups is 2. The third-order valence-corrected chi connectivity index (χ3v) is 6.31. The molecule has 7 heteroatoms. The zero-order chi connectivity index (χ0) is 21.0. The Labute approximate surface area is 171 Å². The smallest absolute Gasteiger partial charge is 0.338 e. The molecule has 0 spiro atoms. The first kappa shape index (κ1) is 21.2. The van der Waals surface area contributed by atoms with Crippen LogP contribution in [0.15, 0.2) is 47.4 Å². The van der Waals surface area contributed by atoms with Crippen LogP contribution in [0, 0.1) is 6.92 Å². The predicted molar refractivity (Wildman–Crippen MR) is 109 cm³/mol. The molecule has 0 bridgehead atoms. The van der Waals surface area contributed by atoms with Gasteiger partial charge < -0.3 is 4.74 Å². The highest BCUT2D eigenvalue weighted by molar-refractivity contribution is 7.89. The Morgan fingerprint density at radius 2 is 1.69 bits per heavy atom. The molecule has 6 nitrogen and oxygen atoms in total. The molecule has 0 saturated heterocycles. The maximum atomic E-state index is 12.4. The number of carbonyl (C=O) groups excluding carboxylic acids is 2. The number of aryl methyl sites for hydroxylation is 1. The van der Waals surface area contributed by atoms with Crippen molar-refractivity contribution in [3.05, 3.63) is 64.7 Å². The highest BCUT2D eigenvalue weighted by atomic mass is 32.2. The molecule has 0 unspecified atom stereocenters. The number of hydrogen-bond donors (Lipinski definition) is 1. The molecular formula is C22H25NO5S. The minimum absolute atomic E-state index is 0.0666. The van der Waals surface area contributed by atoms with E-state index in [0.717, 1.165) is 6.07 Å². The number of sulfonamides is 1. The Morgan fingerprint density at radius 3 is 2.31 bits per heavy atom. The van der Waals surface area contributed by atoms with Crippen molar-refractivity contribution in [1.82, 2.24) is 0 Å². The lowest BCUT2D eigenvalue weighted by Crippen LogP contribution is -2.17. The average Bonchev–Trinajstić information content (AvgIpc) is 2.72.